The molecule has 18 heavy (non-hydrogen) atoms. The van der Waals surface area contributed by atoms with Crippen molar-refractivity contribution in [2.24, 2.45) is 0 Å². The van der Waals surface area contributed by atoms with Gasteiger partial charge in [-0.3, -0.25) is 0 Å². The SMILES string of the molecule is CC(=CCCNC1CC1)Cc1ccc(Br)cc1F. The first-order valence-electron chi connectivity index (χ1n) is 6.48. The summed E-state index contributed by atoms with van der Waals surface area (Å²) in [6.45, 7) is 3.10. The molecule has 0 radical (unpaired) electrons. The maximum absolute atomic E-state index is 13.6. The minimum absolute atomic E-state index is 0.131. The molecule has 1 fully saturated rings. The number of hydrogen-bond donors (Lipinski definition) is 1. The Labute approximate surface area is 117 Å². The molecule has 1 aromatic rings. The molecule has 0 amide bonds. The minimum Gasteiger partial charge on any atom is -0.314 e. The van der Waals surface area contributed by atoms with Crippen molar-refractivity contribution < 1.29 is 4.39 Å². The summed E-state index contributed by atoms with van der Waals surface area (Å²) in [5.74, 6) is -0.131. The average Bonchev–Trinajstić information content (AvgIpc) is 3.12. The third kappa shape index (κ3) is 4.54. The van der Waals surface area contributed by atoms with Crippen molar-refractivity contribution in [1.29, 1.82) is 0 Å². The normalized spacial score (nSPS) is 16.1. The van der Waals surface area contributed by atoms with E-state index in [1.807, 2.05) is 12.1 Å². The van der Waals surface area contributed by atoms with Gasteiger partial charge in [-0.05, 0) is 56.8 Å². The highest BCUT2D eigenvalue weighted by Gasteiger charge is 2.19. The van der Waals surface area contributed by atoms with Crippen LogP contribution >= 0.6 is 15.9 Å². The largest absolute Gasteiger partial charge is 0.314 e. The lowest BCUT2D eigenvalue weighted by Crippen LogP contribution is -2.16. The minimum atomic E-state index is -0.131. The van der Waals surface area contributed by atoms with Gasteiger partial charge in [-0.2, -0.15) is 0 Å². The van der Waals surface area contributed by atoms with Crippen LogP contribution in [0.3, 0.4) is 0 Å². The summed E-state index contributed by atoms with van der Waals surface area (Å²) in [5.41, 5.74) is 2.00. The van der Waals surface area contributed by atoms with Gasteiger partial charge in [-0.1, -0.05) is 33.6 Å². The van der Waals surface area contributed by atoms with E-state index in [4.69, 9.17) is 0 Å². The van der Waals surface area contributed by atoms with Crippen LogP contribution < -0.4 is 5.32 Å². The smallest absolute Gasteiger partial charge is 0.127 e. The van der Waals surface area contributed by atoms with Crippen molar-refractivity contribution in [2.45, 2.75) is 38.6 Å². The third-order valence-electron chi connectivity index (χ3n) is 3.13. The molecule has 0 spiro atoms. The molecule has 0 aromatic heterocycles. The maximum Gasteiger partial charge on any atom is 0.127 e. The standard InChI is InChI=1S/C15H19BrFN/c1-11(3-2-8-18-14-6-7-14)9-12-4-5-13(16)10-15(12)17/h3-5,10,14,18H,2,6-9H2,1H3. The van der Waals surface area contributed by atoms with E-state index in [0.29, 0.717) is 6.42 Å². The van der Waals surface area contributed by atoms with E-state index in [1.165, 1.54) is 24.5 Å². The highest BCUT2D eigenvalue weighted by molar-refractivity contribution is 9.10. The van der Waals surface area contributed by atoms with Crippen LogP contribution in [0.5, 0.6) is 0 Å². The quantitative estimate of drug-likeness (QED) is 0.612. The van der Waals surface area contributed by atoms with Gasteiger partial charge in [0.1, 0.15) is 5.82 Å². The molecule has 1 aliphatic carbocycles. The molecular formula is C15H19BrFN. The van der Waals surface area contributed by atoms with Gasteiger partial charge in [0.05, 0.1) is 0 Å². The second-order valence-electron chi connectivity index (χ2n) is 4.98. The summed E-state index contributed by atoms with van der Waals surface area (Å²) in [6, 6.07) is 6.03. The predicted octanol–water partition coefficient (Wildman–Crippen LogP) is 4.22. The van der Waals surface area contributed by atoms with Crippen molar-refractivity contribution in [3.63, 3.8) is 0 Å². The van der Waals surface area contributed by atoms with Crippen molar-refractivity contribution in [2.75, 3.05) is 6.54 Å². The molecule has 1 saturated carbocycles. The van der Waals surface area contributed by atoms with Crippen molar-refractivity contribution in [1.82, 2.24) is 5.32 Å². The van der Waals surface area contributed by atoms with Crippen LogP contribution in [0, 0.1) is 5.82 Å². The van der Waals surface area contributed by atoms with E-state index >= 15 is 0 Å². The summed E-state index contributed by atoms with van der Waals surface area (Å²) < 4.78 is 14.4. The Morgan fingerprint density at radius 3 is 2.94 bits per heavy atom. The molecule has 98 valence electrons. The zero-order valence-electron chi connectivity index (χ0n) is 10.7. The van der Waals surface area contributed by atoms with E-state index < -0.39 is 0 Å². The number of halogens is 2. The van der Waals surface area contributed by atoms with Crippen LogP contribution in [0.2, 0.25) is 0 Å². The molecule has 1 N–H and O–H groups in total. The monoisotopic (exact) mass is 311 g/mol. The third-order valence-corrected chi connectivity index (χ3v) is 3.63. The lowest BCUT2D eigenvalue weighted by molar-refractivity contribution is 0.612. The van der Waals surface area contributed by atoms with Crippen LogP contribution in [0.1, 0.15) is 31.7 Å². The van der Waals surface area contributed by atoms with E-state index in [9.17, 15) is 4.39 Å². The molecule has 0 aliphatic heterocycles. The molecular weight excluding hydrogens is 293 g/mol. The van der Waals surface area contributed by atoms with Gasteiger partial charge < -0.3 is 5.32 Å². The highest BCUT2D eigenvalue weighted by Crippen LogP contribution is 2.19. The Balaban J connectivity index is 1.80. The molecule has 1 aliphatic rings. The van der Waals surface area contributed by atoms with Crippen LogP contribution in [0.15, 0.2) is 34.3 Å². The Bertz CT molecular complexity index is 438. The summed E-state index contributed by atoms with van der Waals surface area (Å²) in [6.07, 6.45) is 6.58. The van der Waals surface area contributed by atoms with Gasteiger partial charge in [-0.25, -0.2) is 4.39 Å². The molecule has 0 unspecified atom stereocenters. The molecule has 0 atom stereocenters. The molecule has 0 saturated heterocycles. The van der Waals surface area contributed by atoms with E-state index in [0.717, 1.165) is 29.0 Å². The topological polar surface area (TPSA) is 12.0 Å². The van der Waals surface area contributed by atoms with E-state index in [2.05, 4.69) is 34.2 Å². The summed E-state index contributed by atoms with van der Waals surface area (Å²) >= 11 is 3.27. The first-order chi connectivity index (χ1) is 8.65. The number of benzene rings is 1. The lowest BCUT2D eigenvalue weighted by Gasteiger charge is -2.05. The molecule has 2 rings (SSSR count). The number of allylic oxidation sites excluding steroid dienone is 1. The Morgan fingerprint density at radius 2 is 2.28 bits per heavy atom. The molecule has 0 bridgehead atoms. The van der Waals surface area contributed by atoms with Crippen LogP contribution in [0.25, 0.3) is 0 Å². The maximum atomic E-state index is 13.6. The van der Waals surface area contributed by atoms with Gasteiger partial charge >= 0.3 is 0 Å². The number of hydrogen-bond acceptors (Lipinski definition) is 1. The van der Waals surface area contributed by atoms with Gasteiger partial charge in [0, 0.05) is 10.5 Å². The fraction of sp³-hybridized carbons (Fsp3) is 0.467. The summed E-state index contributed by atoms with van der Waals surface area (Å²) in [7, 11) is 0. The molecule has 1 nitrogen and oxygen atoms in total. The zero-order valence-corrected chi connectivity index (χ0v) is 12.3. The Morgan fingerprint density at radius 1 is 1.50 bits per heavy atom. The second-order valence-corrected chi connectivity index (χ2v) is 5.90. The zero-order chi connectivity index (χ0) is 13.0. The summed E-state index contributed by atoms with van der Waals surface area (Å²) in [4.78, 5) is 0. The average molecular weight is 312 g/mol. The van der Waals surface area contributed by atoms with Crippen molar-refractivity contribution in [3.8, 4) is 0 Å². The van der Waals surface area contributed by atoms with E-state index in [1.54, 1.807) is 0 Å². The number of nitrogens with one attached hydrogen (secondary N) is 1. The fourth-order valence-corrected chi connectivity index (χ4v) is 2.26. The predicted molar refractivity (Wildman–Crippen MR) is 77.2 cm³/mol. The Kier molecular flexibility index (Phi) is 4.95. The fourth-order valence-electron chi connectivity index (χ4n) is 1.93. The highest BCUT2D eigenvalue weighted by atomic mass is 79.9. The first kappa shape index (κ1) is 13.8. The number of rotatable bonds is 6. The van der Waals surface area contributed by atoms with Gasteiger partial charge in [0.25, 0.3) is 0 Å². The molecule has 1 aromatic carbocycles. The Hall–Kier alpha value is -0.670. The molecule has 0 heterocycles. The molecule has 3 heteroatoms. The summed E-state index contributed by atoms with van der Waals surface area (Å²) in [5, 5.41) is 3.47. The van der Waals surface area contributed by atoms with Crippen LogP contribution in [-0.2, 0) is 6.42 Å². The lowest BCUT2D eigenvalue weighted by atomic mass is 10.1. The van der Waals surface area contributed by atoms with Gasteiger partial charge in [0.15, 0.2) is 0 Å². The van der Waals surface area contributed by atoms with Crippen LogP contribution in [-0.4, -0.2) is 12.6 Å². The van der Waals surface area contributed by atoms with E-state index in [-0.39, 0.29) is 5.82 Å². The van der Waals surface area contributed by atoms with Gasteiger partial charge in [0.2, 0.25) is 0 Å². The first-order valence-corrected chi connectivity index (χ1v) is 7.27. The van der Waals surface area contributed by atoms with Crippen molar-refractivity contribution >= 4 is 15.9 Å². The second kappa shape index (κ2) is 6.48. The van der Waals surface area contributed by atoms with Crippen LogP contribution in [0.4, 0.5) is 4.39 Å². The van der Waals surface area contributed by atoms with Gasteiger partial charge in [-0.15, -0.1) is 0 Å². The van der Waals surface area contributed by atoms with Crippen molar-refractivity contribution in [3.05, 3.63) is 45.7 Å².